The first-order chi connectivity index (χ1) is 14.7. The summed E-state index contributed by atoms with van der Waals surface area (Å²) in [4.78, 5) is 6.90. The Labute approximate surface area is 176 Å². The first-order valence-electron chi connectivity index (χ1n) is 10.4. The van der Waals surface area contributed by atoms with Gasteiger partial charge in [0.2, 0.25) is 0 Å². The molecule has 5 rings (SSSR count). The number of aromatic hydroxyl groups is 1. The average Bonchev–Trinajstić information content (AvgIpc) is 2.79. The van der Waals surface area contributed by atoms with E-state index in [0.29, 0.717) is 17.2 Å². The van der Waals surface area contributed by atoms with Crippen LogP contribution in [0.2, 0.25) is 0 Å². The summed E-state index contributed by atoms with van der Waals surface area (Å²) >= 11 is 0. The van der Waals surface area contributed by atoms with Gasteiger partial charge < -0.3 is 9.84 Å². The lowest BCUT2D eigenvalue weighted by Gasteiger charge is -2.39. The number of piperidine rings is 1. The van der Waals surface area contributed by atoms with E-state index < -0.39 is 0 Å². The number of fused-ring (bicyclic) bond motifs is 2. The summed E-state index contributed by atoms with van der Waals surface area (Å²) in [5, 5.41) is 20.1. The van der Waals surface area contributed by atoms with Crippen LogP contribution in [0.1, 0.15) is 41.1 Å². The Morgan fingerprint density at radius 2 is 1.87 bits per heavy atom. The van der Waals surface area contributed by atoms with Gasteiger partial charge in [-0.1, -0.05) is 24.3 Å². The second kappa shape index (κ2) is 7.81. The van der Waals surface area contributed by atoms with Crippen molar-refractivity contribution in [2.75, 3.05) is 13.1 Å². The highest BCUT2D eigenvalue weighted by Gasteiger charge is 2.37. The third-order valence-corrected chi connectivity index (χ3v) is 6.25. The molecule has 3 aromatic rings. The molecule has 0 amide bonds. The highest BCUT2D eigenvalue weighted by atomic mass is 16.5. The van der Waals surface area contributed by atoms with Crippen LogP contribution in [-0.4, -0.2) is 28.1 Å². The number of hydrogen-bond acceptors (Lipinski definition) is 5. The van der Waals surface area contributed by atoms with E-state index in [1.807, 2.05) is 36.5 Å². The van der Waals surface area contributed by atoms with Crippen molar-refractivity contribution >= 4 is 0 Å². The van der Waals surface area contributed by atoms with Gasteiger partial charge in [-0.05, 0) is 62.2 Å². The SMILES string of the molecule is N#Cc1cc(O)c2c(c1)Oc1ccccc1C2C1CCN(Cc2ccccn2)CC1. The van der Waals surface area contributed by atoms with Gasteiger partial charge in [0.25, 0.3) is 0 Å². The van der Waals surface area contributed by atoms with E-state index >= 15 is 0 Å². The van der Waals surface area contributed by atoms with E-state index in [0.717, 1.165) is 55.0 Å². The fourth-order valence-electron chi connectivity index (χ4n) is 4.83. The largest absolute Gasteiger partial charge is 0.507 e. The van der Waals surface area contributed by atoms with Crippen LogP contribution in [-0.2, 0) is 6.54 Å². The van der Waals surface area contributed by atoms with E-state index in [9.17, 15) is 10.4 Å². The third-order valence-electron chi connectivity index (χ3n) is 6.25. The van der Waals surface area contributed by atoms with Crippen molar-refractivity contribution in [3.63, 3.8) is 0 Å². The van der Waals surface area contributed by atoms with Crippen molar-refractivity contribution in [2.45, 2.75) is 25.3 Å². The molecule has 1 unspecified atom stereocenters. The fraction of sp³-hybridized carbons (Fsp3) is 0.280. The standard InChI is InChI=1S/C25H23N3O2/c26-15-17-13-21(29)25-23(14-17)30-22-7-2-1-6-20(22)24(25)18-8-11-28(12-9-18)16-19-5-3-4-10-27-19/h1-7,10,13-14,18,24,29H,8-9,11-12,16H2. The van der Waals surface area contributed by atoms with Crippen LogP contribution in [0, 0.1) is 17.2 Å². The van der Waals surface area contributed by atoms with Crippen LogP contribution < -0.4 is 4.74 Å². The molecular formula is C25H23N3O2. The lowest BCUT2D eigenvalue weighted by molar-refractivity contribution is 0.164. The molecule has 1 aromatic heterocycles. The van der Waals surface area contributed by atoms with Crippen molar-refractivity contribution in [3.05, 3.63) is 83.2 Å². The van der Waals surface area contributed by atoms with Crippen molar-refractivity contribution in [1.82, 2.24) is 9.88 Å². The van der Waals surface area contributed by atoms with Gasteiger partial charge in [-0.2, -0.15) is 5.26 Å². The molecule has 2 aliphatic heterocycles. The fourth-order valence-corrected chi connectivity index (χ4v) is 4.83. The second-order valence-electron chi connectivity index (χ2n) is 8.07. The Kier molecular flexibility index (Phi) is 4.86. The number of aromatic nitrogens is 1. The molecule has 5 heteroatoms. The quantitative estimate of drug-likeness (QED) is 0.687. The predicted molar refractivity (Wildman–Crippen MR) is 113 cm³/mol. The minimum absolute atomic E-state index is 0.0645. The number of para-hydroxylation sites is 1. The molecule has 5 nitrogen and oxygen atoms in total. The summed E-state index contributed by atoms with van der Waals surface area (Å²) in [5.74, 6) is 2.04. The lowest BCUT2D eigenvalue weighted by Crippen LogP contribution is -2.36. The first kappa shape index (κ1) is 18.7. The lowest BCUT2D eigenvalue weighted by atomic mass is 9.74. The first-order valence-corrected chi connectivity index (χ1v) is 10.4. The molecule has 3 heterocycles. The maximum absolute atomic E-state index is 10.8. The number of likely N-dealkylation sites (tertiary alicyclic amines) is 1. The predicted octanol–water partition coefficient (Wildman–Crippen LogP) is 4.81. The number of pyridine rings is 1. The van der Waals surface area contributed by atoms with Crippen molar-refractivity contribution < 1.29 is 9.84 Å². The maximum atomic E-state index is 10.8. The zero-order chi connectivity index (χ0) is 20.5. The van der Waals surface area contributed by atoms with E-state index in [1.165, 1.54) is 0 Å². The van der Waals surface area contributed by atoms with Crippen LogP contribution in [0.5, 0.6) is 17.2 Å². The number of benzene rings is 2. The summed E-state index contributed by atoms with van der Waals surface area (Å²) in [6, 6.07) is 19.5. The second-order valence-corrected chi connectivity index (χ2v) is 8.07. The molecule has 30 heavy (non-hydrogen) atoms. The summed E-state index contributed by atoms with van der Waals surface area (Å²) < 4.78 is 6.09. The molecule has 150 valence electrons. The zero-order valence-corrected chi connectivity index (χ0v) is 16.7. The Balaban J connectivity index is 1.43. The summed E-state index contributed by atoms with van der Waals surface area (Å²) in [7, 11) is 0. The van der Waals surface area contributed by atoms with Crippen molar-refractivity contribution in [2.24, 2.45) is 5.92 Å². The number of phenolic OH excluding ortho intramolecular Hbond substituents is 1. The van der Waals surface area contributed by atoms with Gasteiger partial charge in [-0.15, -0.1) is 0 Å². The van der Waals surface area contributed by atoms with Crippen LogP contribution in [0.3, 0.4) is 0 Å². The zero-order valence-electron chi connectivity index (χ0n) is 16.7. The number of rotatable bonds is 3. The monoisotopic (exact) mass is 397 g/mol. The van der Waals surface area contributed by atoms with Crippen LogP contribution >= 0.6 is 0 Å². The van der Waals surface area contributed by atoms with Gasteiger partial charge in [0.05, 0.1) is 17.3 Å². The summed E-state index contributed by atoms with van der Waals surface area (Å²) in [5.41, 5.74) is 3.44. The van der Waals surface area contributed by atoms with Gasteiger partial charge >= 0.3 is 0 Å². The van der Waals surface area contributed by atoms with Crippen molar-refractivity contribution in [3.8, 4) is 23.3 Å². The van der Waals surface area contributed by atoms with Gasteiger partial charge in [0.15, 0.2) is 0 Å². The van der Waals surface area contributed by atoms with Gasteiger partial charge in [0, 0.05) is 29.8 Å². The smallest absolute Gasteiger partial charge is 0.136 e. The van der Waals surface area contributed by atoms with E-state index in [4.69, 9.17) is 4.74 Å². The van der Waals surface area contributed by atoms with Crippen LogP contribution in [0.15, 0.2) is 60.8 Å². The van der Waals surface area contributed by atoms with Crippen molar-refractivity contribution in [1.29, 1.82) is 5.26 Å². The molecule has 1 saturated heterocycles. The molecule has 0 radical (unpaired) electrons. The van der Waals surface area contributed by atoms with E-state index in [1.54, 1.807) is 12.1 Å². The Bertz CT molecular complexity index is 1100. The third kappa shape index (κ3) is 3.40. The van der Waals surface area contributed by atoms with Gasteiger partial charge in [0.1, 0.15) is 17.2 Å². The minimum atomic E-state index is 0.0645. The maximum Gasteiger partial charge on any atom is 0.136 e. The molecular weight excluding hydrogens is 374 g/mol. The molecule has 2 aromatic carbocycles. The minimum Gasteiger partial charge on any atom is -0.507 e. The molecule has 2 aliphatic rings. The molecule has 1 atom stereocenters. The summed E-state index contributed by atoms with van der Waals surface area (Å²) in [6.45, 7) is 2.85. The average molecular weight is 397 g/mol. The highest BCUT2D eigenvalue weighted by Crippen LogP contribution is 2.52. The highest BCUT2D eigenvalue weighted by molar-refractivity contribution is 5.61. The number of nitriles is 1. The Morgan fingerprint density at radius 1 is 1.07 bits per heavy atom. The van der Waals surface area contributed by atoms with E-state index in [-0.39, 0.29) is 11.7 Å². The summed E-state index contributed by atoms with van der Waals surface area (Å²) in [6.07, 6.45) is 3.91. The number of hydrogen-bond donors (Lipinski definition) is 1. The normalized spacial score (nSPS) is 18.7. The molecule has 1 fully saturated rings. The number of phenols is 1. The number of nitrogens with zero attached hydrogens (tertiary/aromatic N) is 3. The molecule has 0 spiro atoms. The molecule has 0 aliphatic carbocycles. The molecule has 0 bridgehead atoms. The number of ether oxygens (including phenoxy) is 1. The topological polar surface area (TPSA) is 69.4 Å². The Hall–Kier alpha value is -3.36. The van der Waals surface area contributed by atoms with E-state index in [2.05, 4.69) is 28.1 Å². The molecule has 0 saturated carbocycles. The molecule has 1 N–H and O–H groups in total. The van der Waals surface area contributed by atoms with Gasteiger partial charge in [-0.25, -0.2) is 0 Å². The Morgan fingerprint density at radius 3 is 2.63 bits per heavy atom. The van der Waals surface area contributed by atoms with Crippen LogP contribution in [0.4, 0.5) is 0 Å². The van der Waals surface area contributed by atoms with Gasteiger partial charge in [-0.3, -0.25) is 9.88 Å². The van der Waals surface area contributed by atoms with Crippen LogP contribution in [0.25, 0.3) is 0 Å².